The van der Waals surface area contributed by atoms with Crippen molar-refractivity contribution in [3.63, 3.8) is 0 Å². The molecule has 1 aromatic carbocycles. The lowest BCUT2D eigenvalue weighted by atomic mass is 9.70. The van der Waals surface area contributed by atoms with Crippen LogP contribution in [0.2, 0.25) is 0 Å². The van der Waals surface area contributed by atoms with Gasteiger partial charge in [-0.2, -0.15) is 5.10 Å². The maximum Gasteiger partial charge on any atom is 0.336 e. The van der Waals surface area contributed by atoms with E-state index in [2.05, 4.69) is 24.3 Å². The number of aromatic nitrogens is 2. The van der Waals surface area contributed by atoms with Crippen molar-refractivity contribution in [2.75, 3.05) is 46.5 Å². The Kier molecular flexibility index (Phi) is 6.25. The Bertz CT molecular complexity index is 1340. The molecule has 1 aliphatic carbocycles. The minimum absolute atomic E-state index is 0.00133. The van der Waals surface area contributed by atoms with Crippen LogP contribution in [0.5, 0.6) is 0 Å². The molecular weight excluding hydrogens is 514 g/mol. The van der Waals surface area contributed by atoms with E-state index >= 15 is 0 Å². The lowest BCUT2D eigenvalue weighted by molar-refractivity contribution is -0.174. The predicted octanol–water partition coefficient (Wildman–Crippen LogP) is 0.936. The van der Waals surface area contributed by atoms with E-state index in [1.54, 1.807) is 22.0 Å². The molecule has 40 heavy (non-hydrogen) atoms. The summed E-state index contributed by atoms with van der Waals surface area (Å²) in [5.41, 5.74) is -0.293. The summed E-state index contributed by atoms with van der Waals surface area (Å²) in [5.74, 6) is -1.57. The maximum absolute atomic E-state index is 13.7. The van der Waals surface area contributed by atoms with E-state index in [1.807, 2.05) is 35.2 Å². The fourth-order valence-corrected chi connectivity index (χ4v) is 6.36. The number of nitrogens with one attached hydrogen (secondary N) is 1. The minimum atomic E-state index is -1.22. The summed E-state index contributed by atoms with van der Waals surface area (Å²) in [7, 11) is 1.28. The van der Waals surface area contributed by atoms with Gasteiger partial charge in [-0.25, -0.2) is 4.79 Å². The van der Waals surface area contributed by atoms with E-state index in [1.165, 1.54) is 7.11 Å². The van der Waals surface area contributed by atoms with Crippen LogP contribution in [0.4, 0.5) is 0 Å². The van der Waals surface area contributed by atoms with Gasteiger partial charge in [0, 0.05) is 43.7 Å². The molecule has 1 N–H and O–H groups in total. The third kappa shape index (κ3) is 4.46. The van der Waals surface area contributed by atoms with Crippen LogP contribution in [0.15, 0.2) is 42.7 Å². The number of hydrogen-bond acceptors (Lipinski definition) is 7. The third-order valence-electron chi connectivity index (χ3n) is 9.09. The molecule has 212 valence electrons. The zero-order chi connectivity index (χ0) is 28.3. The number of rotatable bonds is 7. The topological polar surface area (TPSA) is 123 Å². The number of amides is 3. The van der Waals surface area contributed by atoms with Gasteiger partial charge < -0.3 is 24.6 Å². The Balaban J connectivity index is 1.19. The van der Waals surface area contributed by atoms with Crippen LogP contribution in [0.1, 0.15) is 36.2 Å². The number of esters is 1. The van der Waals surface area contributed by atoms with Gasteiger partial charge in [0.2, 0.25) is 11.8 Å². The quantitative estimate of drug-likeness (QED) is 0.510. The molecule has 6 rings (SSSR count). The summed E-state index contributed by atoms with van der Waals surface area (Å²) < 4.78 is 11.9. The fraction of sp³-hybridized carbons (Fsp3) is 0.552. The summed E-state index contributed by atoms with van der Waals surface area (Å²) in [6.07, 6.45) is 4.13. The highest BCUT2D eigenvalue weighted by atomic mass is 16.5. The molecule has 3 saturated heterocycles. The monoisotopic (exact) mass is 549 g/mol. The van der Waals surface area contributed by atoms with E-state index in [0.29, 0.717) is 31.7 Å². The Morgan fingerprint density at radius 2 is 1.73 bits per heavy atom. The number of methoxy groups -OCH3 is 1. The number of carbonyl (C=O) groups is 4. The van der Waals surface area contributed by atoms with Crippen molar-refractivity contribution in [1.29, 1.82) is 0 Å². The van der Waals surface area contributed by atoms with Crippen LogP contribution in [0, 0.1) is 22.7 Å². The van der Waals surface area contributed by atoms with Crippen molar-refractivity contribution in [2.45, 2.75) is 32.4 Å². The lowest BCUT2D eigenvalue weighted by Gasteiger charge is -2.51. The molecule has 11 heteroatoms. The first-order valence-corrected chi connectivity index (χ1v) is 13.7. The van der Waals surface area contributed by atoms with Gasteiger partial charge in [-0.15, -0.1) is 0 Å². The van der Waals surface area contributed by atoms with Gasteiger partial charge >= 0.3 is 5.97 Å². The van der Waals surface area contributed by atoms with E-state index < -0.39 is 22.8 Å². The first-order chi connectivity index (χ1) is 19.1. The molecule has 2 atom stereocenters. The molecule has 0 bridgehead atoms. The summed E-state index contributed by atoms with van der Waals surface area (Å²) in [6, 6.07) is 9.85. The van der Waals surface area contributed by atoms with Gasteiger partial charge in [0.15, 0.2) is 5.54 Å². The maximum atomic E-state index is 13.7. The van der Waals surface area contributed by atoms with E-state index in [0.717, 1.165) is 12.0 Å². The molecule has 4 fully saturated rings. The van der Waals surface area contributed by atoms with Crippen LogP contribution in [0.25, 0.3) is 0 Å². The molecule has 1 spiro atoms. The highest BCUT2D eigenvalue weighted by Crippen LogP contribution is 2.54. The van der Waals surface area contributed by atoms with Gasteiger partial charge in [-0.1, -0.05) is 44.2 Å². The van der Waals surface area contributed by atoms with Gasteiger partial charge in [0.05, 0.1) is 44.5 Å². The third-order valence-corrected chi connectivity index (χ3v) is 9.09. The van der Waals surface area contributed by atoms with Crippen LogP contribution in [0.3, 0.4) is 0 Å². The standard InChI is InChI=1S/C29H35N5O6/c1-27(2)9-21(27)25(37)33-15-28(16-33)14-32(13-22(28)23(35)31-29(17-40-18-29)26(38)39-3)24(36)20-10-30-34(12-20)11-19-7-5-4-6-8-19/h4-8,10,12,21-22H,9,11,13-18H2,1-3H3,(H,31,35)/t21-,22+/m1/s1. The molecule has 3 amide bonds. The summed E-state index contributed by atoms with van der Waals surface area (Å²) in [5, 5.41) is 7.24. The van der Waals surface area contributed by atoms with Crippen molar-refractivity contribution in [2.24, 2.45) is 22.7 Å². The van der Waals surface area contributed by atoms with Crippen molar-refractivity contribution >= 4 is 23.7 Å². The number of benzene rings is 1. The van der Waals surface area contributed by atoms with E-state index in [-0.39, 0.29) is 48.8 Å². The molecule has 1 saturated carbocycles. The summed E-state index contributed by atoms with van der Waals surface area (Å²) in [6.45, 7) is 6.10. The van der Waals surface area contributed by atoms with Gasteiger partial charge in [0.1, 0.15) is 0 Å². The number of hydrogen-bond donors (Lipinski definition) is 1. The highest BCUT2D eigenvalue weighted by Gasteiger charge is 2.63. The van der Waals surface area contributed by atoms with Crippen molar-refractivity contribution in [3.05, 3.63) is 53.9 Å². The molecule has 1 aromatic heterocycles. The molecule has 0 radical (unpaired) electrons. The van der Waals surface area contributed by atoms with E-state index in [4.69, 9.17) is 9.47 Å². The second-order valence-electron chi connectivity index (χ2n) is 12.5. The number of nitrogens with zero attached hydrogens (tertiary/aromatic N) is 4. The van der Waals surface area contributed by atoms with Gasteiger partial charge in [0.25, 0.3) is 5.91 Å². The molecule has 4 heterocycles. The number of likely N-dealkylation sites (tertiary alicyclic amines) is 2. The van der Waals surface area contributed by atoms with Crippen LogP contribution in [-0.2, 0) is 30.4 Å². The second kappa shape index (κ2) is 9.43. The number of carbonyl (C=O) groups excluding carboxylic acids is 4. The Hall–Kier alpha value is -3.73. The SMILES string of the molecule is COC(=O)C1(NC(=O)[C@@H]2CN(C(=O)c3cnn(Cc4ccccc4)c3)CC23CN(C(=O)[C@H]2CC2(C)C)C3)COC1. The van der Waals surface area contributed by atoms with Crippen molar-refractivity contribution in [3.8, 4) is 0 Å². The minimum Gasteiger partial charge on any atom is -0.467 e. The zero-order valence-electron chi connectivity index (χ0n) is 23.1. The summed E-state index contributed by atoms with van der Waals surface area (Å²) in [4.78, 5) is 56.3. The fourth-order valence-electron chi connectivity index (χ4n) is 6.36. The van der Waals surface area contributed by atoms with Crippen LogP contribution in [-0.4, -0.2) is 95.3 Å². The van der Waals surface area contributed by atoms with Crippen molar-refractivity contribution < 1.29 is 28.7 Å². The average Bonchev–Trinajstić information content (AvgIpc) is 3.24. The number of ether oxygens (including phenoxy) is 2. The molecule has 2 aromatic rings. The Morgan fingerprint density at radius 1 is 1.05 bits per heavy atom. The first kappa shape index (κ1) is 26.5. The van der Waals surface area contributed by atoms with Crippen LogP contribution < -0.4 is 5.32 Å². The lowest BCUT2D eigenvalue weighted by Crippen LogP contribution is -2.70. The predicted molar refractivity (Wildman–Crippen MR) is 142 cm³/mol. The second-order valence-corrected chi connectivity index (χ2v) is 12.5. The first-order valence-electron chi connectivity index (χ1n) is 13.7. The van der Waals surface area contributed by atoms with Crippen molar-refractivity contribution in [1.82, 2.24) is 24.9 Å². The van der Waals surface area contributed by atoms with Crippen LogP contribution >= 0.6 is 0 Å². The summed E-state index contributed by atoms with van der Waals surface area (Å²) >= 11 is 0. The molecular formula is C29H35N5O6. The largest absolute Gasteiger partial charge is 0.467 e. The molecule has 0 unspecified atom stereocenters. The molecule has 11 nitrogen and oxygen atoms in total. The zero-order valence-corrected chi connectivity index (χ0v) is 23.1. The Morgan fingerprint density at radius 3 is 2.33 bits per heavy atom. The molecule has 4 aliphatic rings. The Labute approximate surface area is 232 Å². The highest BCUT2D eigenvalue weighted by molar-refractivity contribution is 5.96. The normalized spacial score (nSPS) is 25.1. The average molecular weight is 550 g/mol. The van der Waals surface area contributed by atoms with Gasteiger partial charge in [-0.05, 0) is 17.4 Å². The van der Waals surface area contributed by atoms with Gasteiger partial charge in [-0.3, -0.25) is 19.1 Å². The van der Waals surface area contributed by atoms with E-state index in [9.17, 15) is 19.2 Å². The molecule has 3 aliphatic heterocycles. The smallest absolute Gasteiger partial charge is 0.336 e.